The van der Waals surface area contributed by atoms with Gasteiger partial charge in [0.1, 0.15) is 18.4 Å². The number of rotatable bonds is 5. The van der Waals surface area contributed by atoms with E-state index in [1.807, 2.05) is 30.3 Å². The molecule has 0 spiro atoms. The Morgan fingerprint density at radius 2 is 2.04 bits per heavy atom. The molecule has 0 bridgehead atoms. The zero-order chi connectivity index (χ0) is 17.6. The number of methoxy groups -OCH3 is 1. The van der Waals surface area contributed by atoms with Gasteiger partial charge in [0.2, 0.25) is 0 Å². The quantitative estimate of drug-likeness (QED) is 0.655. The fraction of sp³-hybridized carbons (Fsp3) is 0.412. The Balaban J connectivity index is 1.95. The van der Waals surface area contributed by atoms with E-state index in [2.05, 4.69) is 10.1 Å². The van der Waals surface area contributed by atoms with Gasteiger partial charge < -0.3 is 18.9 Å². The highest BCUT2D eigenvalue weighted by atomic mass is 16.7. The Labute approximate surface area is 140 Å². The third-order valence-electron chi connectivity index (χ3n) is 3.24. The number of hydrogen-bond acceptors (Lipinski definition) is 6. The van der Waals surface area contributed by atoms with Gasteiger partial charge in [0, 0.05) is 0 Å². The van der Waals surface area contributed by atoms with E-state index >= 15 is 0 Å². The molecular weight excluding hydrogens is 314 g/mol. The van der Waals surface area contributed by atoms with E-state index in [0.717, 1.165) is 5.56 Å². The molecule has 0 radical (unpaired) electrons. The molecule has 1 atom stereocenters. The number of esters is 1. The number of hydrogen-bond donors (Lipinski definition) is 1. The highest BCUT2D eigenvalue weighted by molar-refractivity contribution is 5.92. The zero-order valence-electron chi connectivity index (χ0n) is 13.9. The van der Waals surface area contributed by atoms with E-state index in [1.165, 1.54) is 13.2 Å². The lowest BCUT2D eigenvalue weighted by atomic mass is 10.2. The Hall–Kier alpha value is -2.38. The second-order valence-electron chi connectivity index (χ2n) is 5.63. The van der Waals surface area contributed by atoms with Crippen LogP contribution in [-0.2, 0) is 30.3 Å². The minimum absolute atomic E-state index is 0.0538. The van der Waals surface area contributed by atoms with Crippen molar-refractivity contribution in [3.8, 4) is 0 Å². The molecule has 1 N–H and O–H groups in total. The topological polar surface area (TPSA) is 83.1 Å². The van der Waals surface area contributed by atoms with Gasteiger partial charge in [0.15, 0.2) is 5.79 Å². The lowest BCUT2D eigenvalue weighted by Gasteiger charge is -2.16. The van der Waals surface area contributed by atoms with Crippen LogP contribution in [0.3, 0.4) is 0 Å². The van der Waals surface area contributed by atoms with Crippen LogP contribution < -0.4 is 5.32 Å². The van der Waals surface area contributed by atoms with E-state index in [-0.39, 0.29) is 18.9 Å². The van der Waals surface area contributed by atoms with E-state index in [9.17, 15) is 9.59 Å². The minimum Gasteiger partial charge on any atom is -0.464 e. The third kappa shape index (κ3) is 5.36. The Kier molecular flexibility index (Phi) is 5.94. The van der Waals surface area contributed by atoms with Crippen LogP contribution in [0.25, 0.3) is 0 Å². The molecule has 2 rings (SSSR count). The summed E-state index contributed by atoms with van der Waals surface area (Å²) in [5, 5.41) is 2.38. The van der Waals surface area contributed by atoms with Crippen molar-refractivity contribution in [3.05, 3.63) is 47.7 Å². The SMILES string of the molecule is COC(=O)/C(=C/[C@@H]1COC(C)(C)O1)NC(=O)OCc1ccccc1. The molecule has 1 saturated heterocycles. The van der Waals surface area contributed by atoms with Crippen LogP contribution in [0.5, 0.6) is 0 Å². The molecule has 1 aliphatic heterocycles. The third-order valence-corrected chi connectivity index (χ3v) is 3.24. The number of benzene rings is 1. The molecular formula is C17H21NO6. The molecule has 0 saturated carbocycles. The van der Waals surface area contributed by atoms with Gasteiger partial charge in [0.25, 0.3) is 0 Å². The van der Waals surface area contributed by atoms with E-state index in [0.29, 0.717) is 0 Å². The van der Waals surface area contributed by atoms with Gasteiger partial charge in [-0.05, 0) is 25.5 Å². The molecule has 1 fully saturated rings. The number of ether oxygens (including phenoxy) is 4. The summed E-state index contributed by atoms with van der Waals surface area (Å²) in [4.78, 5) is 23.7. The van der Waals surface area contributed by atoms with E-state index in [4.69, 9.17) is 14.2 Å². The first kappa shape index (κ1) is 18.0. The molecule has 1 aliphatic rings. The second kappa shape index (κ2) is 7.94. The van der Waals surface area contributed by atoms with Crippen LogP contribution in [0.15, 0.2) is 42.1 Å². The monoisotopic (exact) mass is 335 g/mol. The predicted molar refractivity (Wildman–Crippen MR) is 84.8 cm³/mol. The van der Waals surface area contributed by atoms with Crippen molar-refractivity contribution in [1.82, 2.24) is 5.32 Å². The summed E-state index contributed by atoms with van der Waals surface area (Å²) in [5.74, 6) is -1.43. The first-order chi connectivity index (χ1) is 11.4. The fourth-order valence-corrected chi connectivity index (χ4v) is 2.12. The van der Waals surface area contributed by atoms with Crippen molar-refractivity contribution in [2.75, 3.05) is 13.7 Å². The molecule has 7 heteroatoms. The van der Waals surface area contributed by atoms with Crippen molar-refractivity contribution >= 4 is 12.1 Å². The maximum Gasteiger partial charge on any atom is 0.412 e. The van der Waals surface area contributed by atoms with Crippen molar-refractivity contribution in [1.29, 1.82) is 0 Å². The molecule has 130 valence electrons. The van der Waals surface area contributed by atoms with Gasteiger partial charge in [-0.3, -0.25) is 5.32 Å². The summed E-state index contributed by atoms with van der Waals surface area (Å²) in [6.07, 6.45) is 0.224. The summed E-state index contributed by atoms with van der Waals surface area (Å²) in [6, 6.07) is 9.21. The summed E-state index contributed by atoms with van der Waals surface area (Å²) >= 11 is 0. The maximum absolute atomic E-state index is 11.9. The van der Waals surface area contributed by atoms with Crippen molar-refractivity contribution in [2.45, 2.75) is 32.3 Å². The molecule has 24 heavy (non-hydrogen) atoms. The van der Waals surface area contributed by atoms with E-state index < -0.39 is 24.0 Å². The van der Waals surface area contributed by atoms with Crippen molar-refractivity contribution < 1.29 is 28.5 Å². The Morgan fingerprint density at radius 3 is 2.62 bits per heavy atom. The summed E-state index contributed by atoms with van der Waals surface area (Å²) in [7, 11) is 1.23. The predicted octanol–water partition coefficient (Wildman–Crippen LogP) is 2.12. The van der Waals surface area contributed by atoms with Crippen LogP contribution >= 0.6 is 0 Å². The second-order valence-corrected chi connectivity index (χ2v) is 5.63. The fourth-order valence-electron chi connectivity index (χ4n) is 2.12. The number of amides is 1. The van der Waals surface area contributed by atoms with Gasteiger partial charge in [0.05, 0.1) is 13.7 Å². The van der Waals surface area contributed by atoms with Crippen LogP contribution in [0.4, 0.5) is 4.79 Å². The summed E-state index contributed by atoms with van der Waals surface area (Å²) < 4.78 is 20.8. The van der Waals surface area contributed by atoms with Crippen LogP contribution in [0.1, 0.15) is 19.4 Å². The van der Waals surface area contributed by atoms with Crippen LogP contribution in [0, 0.1) is 0 Å². The summed E-state index contributed by atoms with van der Waals surface area (Å²) in [6.45, 7) is 3.89. The van der Waals surface area contributed by atoms with Gasteiger partial charge in [-0.1, -0.05) is 30.3 Å². The molecule has 0 aromatic heterocycles. The largest absolute Gasteiger partial charge is 0.464 e. The van der Waals surface area contributed by atoms with Crippen LogP contribution in [-0.4, -0.2) is 37.7 Å². The number of carbonyl (C=O) groups is 2. The van der Waals surface area contributed by atoms with Gasteiger partial charge >= 0.3 is 12.1 Å². The lowest BCUT2D eigenvalue weighted by molar-refractivity contribution is -0.138. The molecule has 0 aliphatic carbocycles. The molecule has 7 nitrogen and oxygen atoms in total. The molecule has 1 aromatic rings. The normalized spacial score (nSPS) is 19.6. The zero-order valence-corrected chi connectivity index (χ0v) is 13.9. The smallest absolute Gasteiger partial charge is 0.412 e. The highest BCUT2D eigenvalue weighted by Gasteiger charge is 2.32. The molecule has 1 amide bonds. The average Bonchev–Trinajstić information content (AvgIpc) is 2.91. The molecule has 1 heterocycles. The van der Waals surface area contributed by atoms with Crippen molar-refractivity contribution in [2.24, 2.45) is 0 Å². The minimum atomic E-state index is -0.756. The molecule has 0 unspecified atom stereocenters. The van der Waals surface area contributed by atoms with E-state index in [1.54, 1.807) is 13.8 Å². The maximum atomic E-state index is 11.9. The number of nitrogens with one attached hydrogen (secondary N) is 1. The standard InChI is InChI=1S/C17H21NO6/c1-17(2)23-11-13(24-17)9-14(15(19)21-3)18-16(20)22-10-12-7-5-4-6-8-12/h4-9,13H,10-11H2,1-3H3,(H,18,20)/b14-9-/t13-/m1/s1. The highest BCUT2D eigenvalue weighted by Crippen LogP contribution is 2.23. The number of alkyl carbamates (subject to hydrolysis) is 1. The van der Waals surface area contributed by atoms with Gasteiger partial charge in [-0.25, -0.2) is 9.59 Å². The first-order valence-corrected chi connectivity index (χ1v) is 7.49. The lowest BCUT2D eigenvalue weighted by Crippen LogP contribution is -2.30. The van der Waals surface area contributed by atoms with Gasteiger partial charge in [-0.15, -0.1) is 0 Å². The molecule has 1 aromatic carbocycles. The van der Waals surface area contributed by atoms with Crippen molar-refractivity contribution in [3.63, 3.8) is 0 Å². The van der Waals surface area contributed by atoms with Gasteiger partial charge in [-0.2, -0.15) is 0 Å². The first-order valence-electron chi connectivity index (χ1n) is 7.49. The Morgan fingerprint density at radius 1 is 1.33 bits per heavy atom. The summed E-state index contributed by atoms with van der Waals surface area (Å²) in [5.41, 5.74) is 0.785. The Bertz CT molecular complexity index is 611. The number of carbonyl (C=O) groups excluding carboxylic acids is 2. The average molecular weight is 335 g/mol. The van der Waals surface area contributed by atoms with Crippen LogP contribution in [0.2, 0.25) is 0 Å².